The Morgan fingerprint density at radius 1 is 0.743 bits per heavy atom. The maximum Gasteiger partial charge on any atom is 0.242 e. The summed E-state index contributed by atoms with van der Waals surface area (Å²) in [6.07, 6.45) is 6.86. The van der Waals surface area contributed by atoms with Crippen LogP contribution in [0.25, 0.3) is 0 Å². The van der Waals surface area contributed by atoms with Crippen molar-refractivity contribution in [3.8, 4) is 0 Å². The van der Waals surface area contributed by atoms with Gasteiger partial charge in [0.1, 0.15) is 6.54 Å². The molecule has 4 rings (SSSR count). The van der Waals surface area contributed by atoms with Gasteiger partial charge in [-0.25, -0.2) is 0 Å². The van der Waals surface area contributed by atoms with Gasteiger partial charge in [0.2, 0.25) is 11.8 Å². The molecule has 2 heterocycles. The molecule has 0 radical (unpaired) electrons. The predicted octanol–water partition coefficient (Wildman–Crippen LogP) is 3.05. The van der Waals surface area contributed by atoms with E-state index in [2.05, 4.69) is 20.8 Å². The number of hydrogen-bond donors (Lipinski definition) is 2. The maximum atomic E-state index is 12.3. The van der Waals surface area contributed by atoms with Crippen LogP contribution in [0, 0.1) is 0 Å². The van der Waals surface area contributed by atoms with E-state index in [1.54, 1.807) is 36.7 Å². The SMILES string of the molecule is O=C(Cn1cc(NC(=O)CCC(=O)c2ccccc2)cn1)NCc1cnn(Cc2ccccc2)c1. The van der Waals surface area contributed by atoms with E-state index >= 15 is 0 Å². The molecule has 0 saturated carbocycles. The van der Waals surface area contributed by atoms with Gasteiger partial charge in [0.25, 0.3) is 0 Å². The Morgan fingerprint density at radius 2 is 1.46 bits per heavy atom. The van der Waals surface area contributed by atoms with Gasteiger partial charge < -0.3 is 10.6 Å². The highest BCUT2D eigenvalue weighted by Crippen LogP contribution is 2.09. The second kappa shape index (κ2) is 11.6. The first-order chi connectivity index (χ1) is 17.0. The van der Waals surface area contributed by atoms with E-state index in [1.807, 2.05) is 47.3 Å². The van der Waals surface area contributed by atoms with E-state index in [9.17, 15) is 14.4 Å². The molecule has 0 aliphatic carbocycles. The number of benzene rings is 2. The van der Waals surface area contributed by atoms with Gasteiger partial charge in [-0.05, 0) is 5.56 Å². The second-order valence-corrected chi connectivity index (χ2v) is 8.07. The quantitative estimate of drug-likeness (QED) is 0.327. The number of carbonyl (C=O) groups excluding carboxylic acids is 3. The minimum Gasteiger partial charge on any atom is -0.350 e. The van der Waals surface area contributed by atoms with Crippen molar-refractivity contribution in [2.45, 2.75) is 32.5 Å². The van der Waals surface area contributed by atoms with Crippen molar-refractivity contribution in [1.82, 2.24) is 24.9 Å². The van der Waals surface area contributed by atoms with Crippen LogP contribution < -0.4 is 10.6 Å². The fourth-order valence-corrected chi connectivity index (χ4v) is 3.49. The molecule has 2 aromatic carbocycles. The normalized spacial score (nSPS) is 10.6. The minimum atomic E-state index is -0.286. The van der Waals surface area contributed by atoms with E-state index in [0.717, 1.165) is 11.1 Å². The molecule has 0 atom stereocenters. The highest BCUT2D eigenvalue weighted by atomic mass is 16.2. The number of nitrogens with zero attached hydrogens (tertiary/aromatic N) is 4. The van der Waals surface area contributed by atoms with Gasteiger partial charge in [0.15, 0.2) is 5.78 Å². The Kier molecular flexibility index (Phi) is 7.80. The molecule has 0 unspecified atom stereocenters. The third-order valence-electron chi connectivity index (χ3n) is 5.26. The van der Waals surface area contributed by atoms with Crippen LogP contribution in [-0.4, -0.2) is 37.2 Å². The van der Waals surface area contributed by atoms with Gasteiger partial charge >= 0.3 is 0 Å². The van der Waals surface area contributed by atoms with Crippen molar-refractivity contribution in [3.05, 3.63) is 102 Å². The van der Waals surface area contributed by atoms with E-state index < -0.39 is 0 Å². The molecule has 2 N–H and O–H groups in total. The summed E-state index contributed by atoms with van der Waals surface area (Å²) in [5.41, 5.74) is 3.10. The Bertz CT molecular complexity index is 1280. The molecule has 0 spiro atoms. The molecular formula is C26H26N6O3. The Hall–Kier alpha value is -4.53. The van der Waals surface area contributed by atoms with E-state index in [0.29, 0.717) is 24.3 Å². The average molecular weight is 471 g/mol. The molecular weight excluding hydrogens is 444 g/mol. The second-order valence-electron chi connectivity index (χ2n) is 8.07. The molecule has 9 nitrogen and oxygen atoms in total. The number of ketones is 1. The largest absolute Gasteiger partial charge is 0.350 e. The van der Waals surface area contributed by atoms with E-state index in [1.165, 1.54) is 10.9 Å². The lowest BCUT2D eigenvalue weighted by molar-refractivity contribution is -0.122. The van der Waals surface area contributed by atoms with Crippen LogP contribution in [0.2, 0.25) is 0 Å². The first kappa shape index (κ1) is 23.6. The standard InChI is InChI=1S/C26H26N6O3/c33-24(22-9-5-2-6-10-22)11-12-25(34)30-23-15-29-32(18-23)19-26(35)27-13-21-14-28-31(17-21)16-20-7-3-1-4-8-20/h1-10,14-15,17-18H,11-13,16,19H2,(H,27,35)(H,30,34). The first-order valence-electron chi connectivity index (χ1n) is 11.3. The monoisotopic (exact) mass is 470 g/mol. The van der Waals surface area contributed by atoms with Crippen LogP contribution in [0.3, 0.4) is 0 Å². The van der Waals surface area contributed by atoms with Gasteiger partial charge in [-0.3, -0.25) is 23.7 Å². The maximum absolute atomic E-state index is 12.3. The summed E-state index contributed by atoms with van der Waals surface area (Å²) in [6.45, 7) is 1.03. The average Bonchev–Trinajstić information content (AvgIpc) is 3.51. The summed E-state index contributed by atoms with van der Waals surface area (Å²) in [6, 6.07) is 18.9. The first-order valence-corrected chi connectivity index (χ1v) is 11.3. The van der Waals surface area contributed by atoms with Gasteiger partial charge in [-0.1, -0.05) is 60.7 Å². The third kappa shape index (κ3) is 7.23. The number of hydrogen-bond acceptors (Lipinski definition) is 5. The molecule has 0 aliphatic rings. The zero-order valence-electron chi connectivity index (χ0n) is 19.1. The van der Waals surface area contributed by atoms with Crippen LogP contribution in [-0.2, 0) is 29.2 Å². The van der Waals surface area contributed by atoms with Crippen LogP contribution in [0.15, 0.2) is 85.5 Å². The number of nitrogens with one attached hydrogen (secondary N) is 2. The molecule has 4 aromatic rings. The highest BCUT2D eigenvalue weighted by Gasteiger charge is 2.11. The van der Waals surface area contributed by atoms with E-state index in [-0.39, 0.29) is 37.0 Å². The van der Waals surface area contributed by atoms with Crippen molar-refractivity contribution >= 4 is 23.3 Å². The Morgan fingerprint density at radius 3 is 2.23 bits per heavy atom. The van der Waals surface area contributed by atoms with Crippen molar-refractivity contribution in [3.63, 3.8) is 0 Å². The van der Waals surface area contributed by atoms with Gasteiger partial charge in [-0.15, -0.1) is 0 Å². The van der Waals surface area contributed by atoms with Gasteiger partial charge in [0, 0.05) is 42.9 Å². The zero-order valence-corrected chi connectivity index (χ0v) is 19.1. The fraction of sp³-hybridized carbons (Fsp3) is 0.192. The van der Waals surface area contributed by atoms with Gasteiger partial charge in [-0.2, -0.15) is 10.2 Å². The summed E-state index contributed by atoms with van der Waals surface area (Å²) in [5.74, 6) is -0.584. The van der Waals surface area contributed by atoms with Crippen molar-refractivity contribution in [1.29, 1.82) is 0 Å². The summed E-state index contributed by atoms with van der Waals surface area (Å²) >= 11 is 0. The fourth-order valence-electron chi connectivity index (χ4n) is 3.49. The number of Topliss-reactive ketones (excluding diaryl/α,β-unsaturated/α-hetero) is 1. The molecule has 0 saturated heterocycles. The van der Waals surface area contributed by atoms with E-state index in [4.69, 9.17) is 0 Å². The summed E-state index contributed by atoms with van der Waals surface area (Å²) in [4.78, 5) is 36.6. The van der Waals surface area contributed by atoms with Crippen LogP contribution in [0.4, 0.5) is 5.69 Å². The summed E-state index contributed by atoms with van der Waals surface area (Å²) < 4.78 is 3.27. The highest BCUT2D eigenvalue weighted by molar-refractivity contribution is 5.99. The molecule has 2 amide bonds. The van der Waals surface area contributed by atoms with Crippen LogP contribution >= 0.6 is 0 Å². The Balaban J connectivity index is 1.18. The molecule has 0 aliphatic heterocycles. The van der Waals surface area contributed by atoms with Crippen molar-refractivity contribution in [2.75, 3.05) is 5.32 Å². The molecule has 2 aromatic heterocycles. The number of amides is 2. The predicted molar refractivity (Wildman–Crippen MR) is 130 cm³/mol. The number of anilines is 1. The molecule has 178 valence electrons. The number of rotatable bonds is 11. The number of carbonyl (C=O) groups is 3. The van der Waals surface area contributed by atoms with Crippen LogP contribution in [0.1, 0.15) is 34.3 Å². The number of aromatic nitrogens is 4. The zero-order chi connectivity index (χ0) is 24.5. The molecule has 0 bridgehead atoms. The van der Waals surface area contributed by atoms with Crippen LogP contribution in [0.5, 0.6) is 0 Å². The lowest BCUT2D eigenvalue weighted by atomic mass is 10.1. The van der Waals surface area contributed by atoms with Gasteiger partial charge in [0.05, 0.1) is 24.6 Å². The third-order valence-corrected chi connectivity index (χ3v) is 5.26. The topological polar surface area (TPSA) is 111 Å². The smallest absolute Gasteiger partial charge is 0.242 e. The van der Waals surface area contributed by atoms with Crippen molar-refractivity contribution in [2.24, 2.45) is 0 Å². The molecule has 0 fully saturated rings. The molecule has 35 heavy (non-hydrogen) atoms. The van der Waals surface area contributed by atoms with Crippen molar-refractivity contribution < 1.29 is 14.4 Å². The lowest BCUT2D eigenvalue weighted by Gasteiger charge is -2.04. The summed E-state index contributed by atoms with van der Waals surface area (Å²) in [5, 5.41) is 14.0. The Labute approximate surface area is 202 Å². The summed E-state index contributed by atoms with van der Waals surface area (Å²) in [7, 11) is 0. The molecule has 9 heteroatoms. The minimum absolute atomic E-state index is 0.0144. The lowest BCUT2D eigenvalue weighted by Crippen LogP contribution is -2.27.